The Balaban J connectivity index is 1.72. The third-order valence-corrected chi connectivity index (χ3v) is 4.07. The number of carbonyl (C=O) groups excluding carboxylic acids is 1. The van der Waals surface area contributed by atoms with Gasteiger partial charge in [-0.1, -0.05) is 24.3 Å². The van der Waals surface area contributed by atoms with Crippen LogP contribution in [0.2, 0.25) is 0 Å². The first kappa shape index (κ1) is 15.8. The third kappa shape index (κ3) is 3.00. The van der Waals surface area contributed by atoms with Crippen molar-refractivity contribution in [2.24, 2.45) is 0 Å². The van der Waals surface area contributed by atoms with Gasteiger partial charge in [0, 0.05) is 23.0 Å². The summed E-state index contributed by atoms with van der Waals surface area (Å²) in [6, 6.07) is 18.0. The normalized spacial score (nSPS) is 10.8. The van der Waals surface area contributed by atoms with Crippen LogP contribution >= 0.6 is 0 Å². The lowest BCUT2D eigenvalue weighted by Gasteiger charge is -2.03. The number of nitrogens with one attached hydrogen (secondary N) is 1. The molecule has 6 nitrogen and oxygen atoms in total. The molecule has 0 aliphatic carbocycles. The maximum absolute atomic E-state index is 11.5. The van der Waals surface area contributed by atoms with Crippen LogP contribution in [0, 0.1) is 0 Å². The van der Waals surface area contributed by atoms with Crippen molar-refractivity contribution >= 4 is 23.1 Å². The second-order valence-corrected chi connectivity index (χ2v) is 5.93. The van der Waals surface area contributed by atoms with E-state index < -0.39 is 0 Å². The number of aromatic nitrogens is 3. The number of aromatic hydroxyl groups is 1. The molecule has 2 N–H and O–H groups in total. The topological polar surface area (TPSA) is 79.5 Å². The number of rotatable bonds is 4. The zero-order valence-corrected chi connectivity index (χ0v) is 14.0. The molecule has 0 fully saturated rings. The summed E-state index contributed by atoms with van der Waals surface area (Å²) in [6.45, 7) is 1.53. The van der Waals surface area contributed by atoms with Crippen LogP contribution in [0.4, 0.5) is 11.6 Å². The van der Waals surface area contributed by atoms with Gasteiger partial charge in [0.05, 0.1) is 0 Å². The van der Waals surface area contributed by atoms with E-state index in [0.717, 1.165) is 16.8 Å². The molecule has 0 aliphatic rings. The van der Waals surface area contributed by atoms with Gasteiger partial charge in [-0.2, -0.15) is 4.98 Å². The number of fused-ring (bicyclic) bond motifs is 1. The van der Waals surface area contributed by atoms with Crippen LogP contribution in [0.1, 0.15) is 17.3 Å². The van der Waals surface area contributed by atoms with Crippen molar-refractivity contribution in [3.05, 3.63) is 72.4 Å². The van der Waals surface area contributed by atoms with Crippen molar-refractivity contribution in [3.8, 4) is 16.9 Å². The minimum Gasteiger partial charge on any atom is -0.508 e. The van der Waals surface area contributed by atoms with Crippen molar-refractivity contribution in [2.45, 2.75) is 6.92 Å². The number of Topliss-reactive ketones (excluding diaryl/α,β-unsaturated/α-hetero) is 1. The Bertz CT molecular complexity index is 1100. The first-order valence-corrected chi connectivity index (χ1v) is 8.13. The lowest BCUT2D eigenvalue weighted by Crippen LogP contribution is -1.96. The van der Waals surface area contributed by atoms with Crippen LogP contribution < -0.4 is 5.32 Å². The Labute approximate surface area is 149 Å². The highest BCUT2D eigenvalue weighted by Gasteiger charge is 2.10. The SMILES string of the molecule is CC(=O)c1cccc(Nc2nc3c(-c4ccc(O)cc4)cccn3n2)c1. The number of ketones is 1. The van der Waals surface area contributed by atoms with Gasteiger partial charge in [-0.25, -0.2) is 4.52 Å². The van der Waals surface area contributed by atoms with E-state index in [9.17, 15) is 9.90 Å². The minimum atomic E-state index is 0.00577. The van der Waals surface area contributed by atoms with E-state index >= 15 is 0 Å². The molecular weight excluding hydrogens is 328 g/mol. The third-order valence-electron chi connectivity index (χ3n) is 4.07. The molecule has 0 unspecified atom stereocenters. The van der Waals surface area contributed by atoms with Gasteiger partial charge in [0.1, 0.15) is 5.75 Å². The highest BCUT2D eigenvalue weighted by molar-refractivity contribution is 5.95. The standard InChI is InChI=1S/C20H16N4O2/c1-13(25)15-4-2-5-16(12-15)21-20-22-19-18(6-3-11-24(19)23-20)14-7-9-17(26)10-8-14/h2-12,26H,1H3,(H,21,23). The Morgan fingerprint density at radius 1 is 1.08 bits per heavy atom. The summed E-state index contributed by atoms with van der Waals surface area (Å²) in [4.78, 5) is 16.1. The molecule has 4 aromatic rings. The zero-order chi connectivity index (χ0) is 18.1. The first-order chi connectivity index (χ1) is 12.6. The molecule has 2 heterocycles. The second kappa shape index (κ2) is 6.33. The highest BCUT2D eigenvalue weighted by Crippen LogP contribution is 2.26. The number of carbonyl (C=O) groups is 1. The fourth-order valence-electron chi connectivity index (χ4n) is 2.77. The van der Waals surface area contributed by atoms with E-state index in [1.165, 1.54) is 6.92 Å². The smallest absolute Gasteiger partial charge is 0.247 e. The molecule has 26 heavy (non-hydrogen) atoms. The van der Waals surface area contributed by atoms with E-state index in [1.807, 2.05) is 42.6 Å². The van der Waals surface area contributed by atoms with Crippen molar-refractivity contribution < 1.29 is 9.90 Å². The number of hydrogen-bond acceptors (Lipinski definition) is 5. The van der Waals surface area contributed by atoms with Crippen LogP contribution in [0.25, 0.3) is 16.8 Å². The van der Waals surface area contributed by atoms with Crippen LogP contribution in [0.15, 0.2) is 66.9 Å². The number of hydrogen-bond donors (Lipinski definition) is 2. The predicted molar refractivity (Wildman–Crippen MR) is 99.8 cm³/mol. The molecule has 0 bridgehead atoms. The van der Waals surface area contributed by atoms with Crippen LogP contribution in [-0.4, -0.2) is 25.5 Å². The molecule has 0 radical (unpaired) electrons. The molecule has 0 saturated carbocycles. The van der Waals surface area contributed by atoms with Crippen molar-refractivity contribution in [2.75, 3.05) is 5.32 Å². The van der Waals surface area contributed by atoms with Gasteiger partial charge in [-0.15, -0.1) is 5.10 Å². The number of nitrogens with zero attached hydrogens (tertiary/aromatic N) is 3. The second-order valence-electron chi connectivity index (χ2n) is 5.93. The van der Waals surface area contributed by atoms with Gasteiger partial charge in [0.15, 0.2) is 11.4 Å². The molecule has 0 atom stereocenters. The lowest BCUT2D eigenvalue weighted by molar-refractivity contribution is 0.101. The number of benzene rings is 2. The average Bonchev–Trinajstić information content (AvgIpc) is 3.05. The van der Waals surface area contributed by atoms with E-state index in [1.54, 1.807) is 28.8 Å². The molecule has 2 aromatic heterocycles. The number of phenols is 1. The monoisotopic (exact) mass is 344 g/mol. The molecule has 0 saturated heterocycles. The first-order valence-electron chi connectivity index (χ1n) is 8.13. The van der Waals surface area contributed by atoms with Crippen molar-refractivity contribution in [1.82, 2.24) is 14.6 Å². The van der Waals surface area contributed by atoms with Crippen LogP contribution in [-0.2, 0) is 0 Å². The van der Waals surface area contributed by atoms with E-state index in [2.05, 4.69) is 15.4 Å². The average molecular weight is 344 g/mol. The Morgan fingerprint density at radius 3 is 2.65 bits per heavy atom. The molecular formula is C20H16N4O2. The van der Waals surface area contributed by atoms with Crippen molar-refractivity contribution in [3.63, 3.8) is 0 Å². The Hall–Kier alpha value is -3.67. The summed E-state index contributed by atoms with van der Waals surface area (Å²) in [6.07, 6.45) is 1.82. The Morgan fingerprint density at radius 2 is 1.88 bits per heavy atom. The molecule has 0 amide bonds. The van der Waals surface area contributed by atoms with Gasteiger partial charge in [0.2, 0.25) is 5.95 Å². The summed E-state index contributed by atoms with van der Waals surface area (Å²) in [5.74, 6) is 0.665. The Kier molecular flexibility index (Phi) is 3.85. The molecule has 0 spiro atoms. The molecule has 4 rings (SSSR count). The van der Waals surface area contributed by atoms with E-state index in [-0.39, 0.29) is 11.5 Å². The fourth-order valence-corrected chi connectivity index (χ4v) is 2.77. The summed E-state index contributed by atoms with van der Waals surface area (Å²) in [5, 5.41) is 17.1. The minimum absolute atomic E-state index is 0.00577. The van der Waals surface area contributed by atoms with Gasteiger partial charge in [0.25, 0.3) is 0 Å². The van der Waals surface area contributed by atoms with Gasteiger partial charge < -0.3 is 10.4 Å². The van der Waals surface area contributed by atoms with E-state index in [4.69, 9.17) is 0 Å². The number of pyridine rings is 1. The van der Waals surface area contributed by atoms with Gasteiger partial charge in [-0.3, -0.25) is 4.79 Å². The van der Waals surface area contributed by atoms with Gasteiger partial charge >= 0.3 is 0 Å². The quantitative estimate of drug-likeness (QED) is 0.546. The van der Waals surface area contributed by atoms with Gasteiger partial charge in [-0.05, 0) is 48.9 Å². The maximum atomic E-state index is 11.5. The zero-order valence-electron chi connectivity index (χ0n) is 14.0. The summed E-state index contributed by atoms with van der Waals surface area (Å²) < 4.78 is 1.69. The molecule has 2 aromatic carbocycles. The van der Waals surface area contributed by atoms with E-state index in [0.29, 0.717) is 17.2 Å². The lowest BCUT2D eigenvalue weighted by atomic mass is 10.1. The fraction of sp³-hybridized carbons (Fsp3) is 0.0500. The number of phenolic OH excluding ortho intramolecular Hbond substituents is 1. The number of anilines is 2. The summed E-state index contributed by atoms with van der Waals surface area (Å²) >= 11 is 0. The largest absolute Gasteiger partial charge is 0.508 e. The maximum Gasteiger partial charge on any atom is 0.247 e. The summed E-state index contributed by atoms with van der Waals surface area (Å²) in [7, 11) is 0. The molecule has 0 aliphatic heterocycles. The van der Waals surface area contributed by atoms with Crippen LogP contribution in [0.5, 0.6) is 5.75 Å². The predicted octanol–water partition coefficient (Wildman–Crippen LogP) is 4.05. The van der Waals surface area contributed by atoms with Crippen LogP contribution in [0.3, 0.4) is 0 Å². The molecule has 6 heteroatoms. The highest BCUT2D eigenvalue weighted by atomic mass is 16.3. The summed E-state index contributed by atoms with van der Waals surface area (Å²) in [5.41, 5.74) is 3.92. The van der Waals surface area contributed by atoms with Crippen molar-refractivity contribution in [1.29, 1.82) is 0 Å². The molecule has 128 valence electrons.